The van der Waals surface area contributed by atoms with Crippen molar-refractivity contribution < 1.29 is 28.0 Å². The molecule has 3 unspecified atom stereocenters. The number of nitrogens with one attached hydrogen (secondary N) is 1. The molecule has 0 bridgehead atoms. The third-order valence-electron chi connectivity index (χ3n) is 9.56. The van der Waals surface area contributed by atoms with Crippen LogP contribution in [-0.2, 0) is 14.9 Å². The average molecular weight is 752 g/mol. The molecule has 0 spiro atoms. The van der Waals surface area contributed by atoms with Gasteiger partial charge in [0.25, 0.3) is 10.1 Å². The number of hydrogen-bond donors (Lipinski definition) is 4. The summed E-state index contributed by atoms with van der Waals surface area (Å²) in [7, 11) is -4.46. The maximum atomic E-state index is 12.6. The van der Waals surface area contributed by atoms with Crippen LogP contribution in [0.4, 0.5) is 0 Å². The van der Waals surface area contributed by atoms with Crippen LogP contribution in [0.2, 0.25) is 0 Å². The predicted molar refractivity (Wildman–Crippen MR) is 222 cm³/mol. The van der Waals surface area contributed by atoms with E-state index < -0.39 is 40.0 Å². The zero-order chi connectivity index (χ0) is 38.4. The predicted octanol–water partition coefficient (Wildman–Crippen LogP) is 11.7. The van der Waals surface area contributed by atoms with Gasteiger partial charge in [0, 0.05) is 0 Å². The summed E-state index contributed by atoms with van der Waals surface area (Å²) in [5.74, 6) is -1.57. The molecule has 4 N–H and O–H groups in total. The summed E-state index contributed by atoms with van der Waals surface area (Å²) in [6.45, 7) is 4.50. The smallest absolute Gasteiger partial charge is 0.267 e. The molecule has 0 aromatic carbocycles. The maximum Gasteiger partial charge on any atom is 0.267 e. The van der Waals surface area contributed by atoms with Gasteiger partial charge in [0.05, 0.1) is 17.9 Å². The number of rotatable bonds is 38. The van der Waals surface area contributed by atoms with E-state index in [0.717, 1.165) is 51.4 Å². The van der Waals surface area contributed by atoms with Gasteiger partial charge in [0.15, 0.2) is 0 Å². The van der Waals surface area contributed by atoms with Gasteiger partial charge < -0.3 is 15.5 Å². The Kier molecular flexibility index (Phi) is 36.3. The summed E-state index contributed by atoms with van der Waals surface area (Å²) < 4.78 is 32.5. The third-order valence-corrected chi connectivity index (χ3v) is 10.3. The fourth-order valence-electron chi connectivity index (χ4n) is 6.25. The van der Waals surface area contributed by atoms with Crippen LogP contribution in [0.15, 0.2) is 48.6 Å². The number of unbranched alkanes of at least 4 members (excludes halogenated alkanes) is 23. The first-order valence-corrected chi connectivity index (χ1v) is 23.1. The number of aliphatic hydroxyl groups excluding tert-OH is 2. The molecule has 0 radical (unpaired) electrons. The average Bonchev–Trinajstić information content (AvgIpc) is 3.11. The molecule has 3 atom stereocenters. The zero-order valence-corrected chi connectivity index (χ0v) is 34.4. The van der Waals surface area contributed by atoms with Crippen LogP contribution >= 0.6 is 0 Å². The highest BCUT2D eigenvalue weighted by molar-refractivity contribution is 7.85. The normalized spacial score (nSPS) is 14.3. The van der Waals surface area contributed by atoms with Crippen LogP contribution in [0.3, 0.4) is 0 Å². The summed E-state index contributed by atoms with van der Waals surface area (Å²) in [5, 5.41) is 23.4. The number of hydrogen-bond acceptors (Lipinski definition) is 5. The molecule has 0 saturated carbocycles. The Labute approximate surface area is 321 Å². The molecule has 0 heterocycles. The minimum Gasteiger partial charge on any atom is -0.387 e. The van der Waals surface area contributed by atoms with E-state index in [1.54, 1.807) is 6.08 Å². The first kappa shape index (κ1) is 50.3. The lowest BCUT2D eigenvalue weighted by atomic mass is 10.0. The lowest BCUT2D eigenvalue weighted by molar-refractivity contribution is -0.130. The van der Waals surface area contributed by atoms with E-state index in [-0.39, 0.29) is 6.42 Å². The van der Waals surface area contributed by atoms with Crippen molar-refractivity contribution in [2.75, 3.05) is 5.75 Å². The van der Waals surface area contributed by atoms with E-state index >= 15 is 0 Å². The van der Waals surface area contributed by atoms with Gasteiger partial charge in [0.1, 0.15) is 6.10 Å². The quantitative estimate of drug-likeness (QED) is 0.0283. The Morgan fingerprint density at radius 1 is 0.519 bits per heavy atom. The summed E-state index contributed by atoms with van der Waals surface area (Å²) >= 11 is 0. The summed E-state index contributed by atoms with van der Waals surface area (Å²) in [4.78, 5) is 12.6. The molecule has 0 saturated heterocycles. The zero-order valence-electron chi connectivity index (χ0n) is 33.5. The highest BCUT2D eigenvalue weighted by atomic mass is 32.2. The van der Waals surface area contributed by atoms with Crippen molar-refractivity contribution in [2.45, 2.75) is 218 Å². The second kappa shape index (κ2) is 37.6. The molecule has 0 aliphatic heterocycles. The van der Waals surface area contributed by atoms with Gasteiger partial charge in [-0.2, -0.15) is 8.42 Å². The second-order valence-electron chi connectivity index (χ2n) is 14.7. The van der Waals surface area contributed by atoms with Crippen molar-refractivity contribution in [1.29, 1.82) is 0 Å². The van der Waals surface area contributed by atoms with Crippen molar-refractivity contribution in [3.05, 3.63) is 48.6 Å². The highest BCUT2D eigenvalue weighted by Gasteiger charge is 2.27. The van der Waals surface area contributed by atoms with E-state index in [2.05, 4.69) is 55.6 Å². The summed E-state index contributed by atoms with van der Waals surface area (Å²) in [5.41, 5.74) is 0. The van der Waals surface area contributed by atoms with Crippen LogP contribution < -0.4 is 5.32 Å². The largest absolute Gasteiger partial charge is 0.387 e. The van der Waals surface area contributed by atoms with E-state index in [4.69, 9.17) is 0 Å². The van der Waals surface area contributed by atoms with Gasteiger partial charge in [-0.1, -0.05) is 178 Å². The fraction of sp³-hybridized carbons (Fsp3) is 0.795. The number of carbonyl (C=O) groups excluding carboxylic acids is 1. The number of aliphatic hydroxyl groups is 2. The fourth-order valence-corrected chi connectivity index (χ4v) is 6.98. The molecule has 0 aromatic rings. The van der Waals surface area contributed by atoms with Gasteiger partial charge >= 0.3 is 0 Å². The van der Waals surface area contributed by atoms with E-state index in [9.17, 15) is 28.0 Å². The Hall–Kier alpha value is -1.74. The van der Waals surface area contributed by atoms with Gasteiger partial charge in [0.2, 0.25) is 5.91 Å². The molecule has 52 heavy (non-hydrogen) atoms. The molecule has 0 fully saturated rings. The summed E-state index contributed by atoms with van der Waals surface area (Å²) in [6, 6.07) is -1.26. The summed E-state index contributed by atoms with van der Waals surface area (Å²) in [6.07, 6.45) is 47.4. The van der Waals surface area contributed by atoms with Crippen molar-refractivity contribution in [2.24, 2.45) is 0 Å². The van der Waals surface area contributed by atoms with Crippen LogP contribution in [0, 0.1) is 0 Å². The molecule has 0 rings (SSSR count). The molecular formula is C44H81NO6S. The van der Waals surface area contributed by atoms with E-state index in [1.165, 1.54) is 122 Å². The second-order valence-corrected chi connectivity index (χ2v) is 16.2. The third kappa shape index (κ3) is 36.6. The van der Waals surface area contributed by atoms with Crippen LogP contribution in [0.5, 0.6) is 0 Å². The first-order valence-electron chi connectivity index (χ1n) is 21.4. The SMILES string of the molecule is CCCCCCC/C=C/CC/C=C/CC/C=C/C(O)C(CS(=O)(=O)O)NC(=O)C(O)CCCCCCCC/C=C\CCCCCCCCCCCC. The Morgan fingerprint density at radius 3 is 1.27 bits per heavy atom. The van der Waals surface area contributed by atoms with Gasteiger partial charge in [-0.3, -0.25) is 9.35 Å². The molecule has 304 valence electrons. The lowest BCUT2D eigenvalue weighted by Crippen LogP contribution is -2.50. The minimum atomic E-state index is -4.46. The topological polar surface area (TPSA) is 124 Å². The number of carbonyl (C=O) groups is 1. The Morgan fingerprint density at radius 2 is 0.865 bits per heavy atom. The molecule has 1 amide bonds. The minimum absolute atomic E-state index is 0.263. The van der Waals surface area contributed by atoms with Crippen LogP contribution in [0.1, 0.15) is 200 Å². The molecule has 7 nitrogen and oxygen atoms in total. The monoisotopic (exact) mass is 752 g/mol. The highest BCUT2D eigenvalue weighted by Crippen LogP contribution is 2.14. The number of allylic oxidation sites excluding steroid dienone is 7. The first-order chi connectivity index (χ1) is 25.2. The molecular weight excluding hydrogens is 671 g/mol. The van der Waals surface area contributed by atoms with E-state index in [1.807, 2.05) is 0 Å². The van der Waals surface area contributed by atoms with Crippen molar-refractivity contribution in [3.8, 4) is 0 Å². The number of amides is 1. The standard InChI is InChI=1S/C44H81NO6S/c1-3-5-7-9-11-13-15-17-19-20-21-22-23-25-27-29-31-33-35-37-39-43(47)44(48)45-41(40-52(49,50)51)42(46)38-36-34-32-30-28-26-24-18-16-14-12-10-8-6-4-2/h16,18,22-23,28,30,36,38,41-43,46-47H,3-15,17,19-21,24-27,29,31-35,37,39-40H2,1-2H3,(H,45,48)(H,49,50,51)/b18-16+,23-22-,30-28+,38-36+. The molecule has 0 aliphatic carbocycles. The van der Waals surface area contributed by atoms with Crippen molar-refractivity contribution in [1.82, 2.24) is 5.32 Å². The van der Waals surface area contributed by atoms with Crippen LogP contribution in [0.25, 0.3) is 0 Å². The maximum absolute atomic E-state index is 12.6. The van der Waals surface area contributed by atoms with Gasteiger partial charge in [-0.15, -0.1) is 0 Å². The van der Waals surface area contributed by atoms with E-state index in [0.29, 0.717) is 12.8 Å². The van der Waals surface area contributed by atoms with Gasteiger partial charge in [-0.25, -0.2) is 0 Å². The van der Waals surface area contributed by atoms with Crippen LogP contribution in [-0.4, -0.2) is 53.1 Å². The molecule has 0 aliphatic rings. The van der Waals surface area contributed by atoms with Crippen molar-refractivity contribution >= 4 is 16.0 Å². The molecule has 8 heteroatoms. The lowest BCUT2D eigenvalue weighted by Gasteiger charge is -2.22. The molecule has 0 aromatic heterocycles. The van der Waals surface area contributed by atoms with Crippen molar-refractivity contribution in [3.63, 3.8) is 0 Å². The Bertz CT molecular complexity index is 1020. The van der Waals surface area contributed by atoms with Gasteiger partial charge in [-0.05, 0) is 70.6 Å². The Balaban J connectivity index is 4.07.